The maximum atomic E-state index is 12.3. The van der Waals surface area contributed by atoms with Crippen LogP contribution in [0.3, 0.4) is 0 Å². The molecule has 2 unspecified atom stereocenters. The summed E-state index contributed by atoms with van der Waals surface area (Å²) in [5.41, 5.74) is 0. The molecule has 2 bridgehead atoms. The van der Waals surface area contributed by atoms with Crippen molar-refractivity contribution in [1.82, 2.24) is 4.90 Å². The largest absolute Gasteiger partial charge is 0.378 e. The van der Waals surface area contributed by atoms with Crippen molar-refractivity contribution < 1.29 is 9.53 Å². The number of Topliss-reactive ketones (excluding diaryl/α,β-unsaturated/α-hetero) is 1. The van der Waals surface area contributed by atoms with Crippen LogP contribution in [0.1, 0.15) is 51.4 Å². The number of carbonyl (C=O) groups is 1. The monoisotopic (exact) mass is 279 g/mol. The van der Waals surface area contributed by atoms with Crippen LogP contribution in [-0.2, 0) is 9.53 Å². The van der Waals surface area contributed by atoms with E-state index >= 15 is 0 Å². The molecule has 0 aromatic carbocycles. The highest BCUT2D eigenvalue weighted by atomic mass is 16.5. The lowest BCUT2D eigenvalue weighted by molar-refractivity contribution is -0.131. The maximum Gasteiger partial charge on any atom is 0.136 e. The van der Waals surface area contributed by atoms with Gasteiger partial charge in [-0.3, -0.25) is 9.69 Å². The van der Waals surface area contributed by atoms with Gasteiger partial charge in [-0.2, -0.15) is 0 Å². The van der Waals surface area contributed by atoms with Gasteiger partial charge in [-0.15, -0.1) is 6.58 Å². The second kappa shape index (κ2) is 7.94. The van der Waals surface area contributed by atoms with Gasteiger partial charge in [0.2, 0.25) is 0 Å². The first-order chi connectivity index (χ1) is 9.72. The Bertz CT molecular complexity index is 315. The Morgan fingerprint density at radius 1 is 1.20 bits per heavy atom. The molecule has 2 atom stereocenters. The van der Waals surface area contributed by atoms with E-state index in [0.29, 0.717) is 23.8 Å². The zero-order valence-electron chi connectivity index (χ0n) is 12.9. The van der Waals surface area contributed by atoms with E-state index in [9.17, 15) is 4.79 Å². The van der Waals surface area contributed by atoms with Gasteiger partial charge >= 0.3 is 0 Å². The van der Waals surface area contributed by atoms with E-state index in [2.05, 4.69) is 18.5 Å². The summed E-state index contributed by atoms with van der Waals surface area (Å²) in [6.45, 7) is 5.34. The number of morpholine rings is 1. The molecular weight excluding hydrogens is 250 g/mol. The predicted octanol–water partition coefficient (Wildman–Crippen LogP) is 3.19. The third kappa shape index (κ3) is 4.16. The van der Waals surface area contributed by atoms with Crippen LogP contribution in [0.5, 0.6) is 0 Å². The van der Waals surface area contributed by atoms with Crippen LogP contribution in [0.25, 0.3) is 0 Å². The molecule has 0 aliphatic carbocycles. The average Bonchev–Trinajstić information content (AvgIpc) is 2.42. The van der Waals surface area contributed by atoms with Crippen LogP contribution in [0.4, 0.5) is 0 Å². The van der Waals surface area contributed by atoms with Gasteiger partial charge in [0.05, 0.1) is 13.2 Å². The van der Waals surface area contributed by atoms with Gasteiger partial charge in [-0.05, 0) is 39.2 Å². The zero-order valence-corrected chi connectivity index (χ0v) is 12.9. The van der Waals surface area contributed by atoms with Crippen molar-refractivity contribution >= 4 is 5.78 Å². The highest BCUT2D eigenvalue weighted by Crippen LogP contribution is 2.31. The molecule has 0 aromatic heterocycles. The fraction of sp³-hybridized carbons (Fsp3) is 0.824. The number of ether oxygens (including phenoxy) is 1. The van der Waals surface area contributed by atoms with Gasteiger partial charge in [-0.1, -0.05) is 18.9 Å². The van der Waals surface area contributed by atoms with Gasteiger partial charge in [-0.25, -0.2) is 0 Å². The number of hydrogen-bond donors (Lipinski definition) is 0. The van der Waals surface area contributed by atoms with Gasteiger partial charge in [0.15, 0.2) is 0 Å². The van der Waals surface area contributed by atoms with Gasteiger partial charge in [0, 0.05) is 24.4 Å². The van der Waals surface area contributed by atoms with Crippen molar-refractivity contribution in [2.45, 2.75) is 63.5 Å². The summed E-state index contributed by atoms with van der Waals surface area (Å²) in [4.78, 5) is 14.8. The van der Waals surface area contributed by atoms with Crippen molar-refractivity contribution in [2.75, 3.05) is 20.3 Å². The second-order valence-corrected chi connectivity index (χ2v) is 6.39. The lowest BCUT2D eigenvalue weighted by atomic mass is 9.81. The first-order valence-electron chi connectivity index (χ1n) is 8.15. The molecule has 2 aliphatic rings. The molecule has 0 amide bonds. The Morgan fingerprint density at radius 2 is 1.85 bits per heavy atom. The third-order valence-electron chi connectivity index (χ3n) is 4.92. The number of allylic oxidation sites excluding steroid dienone is 1. The molecule has 2 heterocycles. The number of rotatable bonds is 8. The van der Waals surface area contributed by atoms with E-state index in [-0.39, 0.29) is 0 Å². The average molecular weight is 279 g/mol. The summed E-state index contributed by atoms with van der Waals surface area (Å²) in [5.74, 6) is 0.789. The van der Waals surface area contributed by atoms with Crippen molar-refractivity contribution in [3.05, 3.63) is 12.7 Å². The summed E-state index contributed by atoms with van der Waals surface area (Å²) in [6, 6.07) is 0.924. The van der Waals surface area contributed by atoms with Crippen molar-refractivity contribution in [3.8, 4) is 0 Å². The van der Waals surface area contributed by atoms with Crippen LogP contribution in [-0.4, -0.2) is 43.0 Å². The van der Waals surface area contributed by atoms with Crippen LogP contribution >= 0.6 is 0 Å². The number of nitrogens with zero attached hydrogens (tertiary/aromatic N) is 1. The zero-order chi connectivity index (χ0) is 14.4. The molecule has 3 nitrogen and oxygen atoms in total. The van der Waals surface area contributed by atoms with Gasteiger partial charge in [0.25, 0.3) is 0 Å². The first kappa shape index (κ1) is 15.7. The number of ketones is 1. The quantitative estimate of drug-likeness (QED) is 0.505. The second-order valence-electron chi connectivity index (χ2n) is 6.39. The summed E-state index contributed by atoms with van der Waals surface area (Å²) in [5, 5.41) is 0. The summed E-state index contributed by atoms with van der Waals surface area (Å²) in [6.07, 6.45) is 10.6. The Kier molecular flexibility index (Phi) is 6.24. The number of unbranched alkanes of at least 4 members (excludes halogenated alkanes) is 4. The molecular formula is C17H29NO2. The summed E-state index contributed by atoms with van der Waals surface area (Å²) in [7, 11) is 2.18. The lowest BCUT2D eigenvalue weighted by Gasteiger charge is -2.46. The van der Waals surface area contributed by atoms with Crippen LogP contribution < -0.4 is 0 Å². The minimum atomic E-state index is 0.290. The molecule has 0 saturated carbocycles. The van der Waals surface area contributed by atoms with Crippen molar-refractivity contribution in [1.29, 1.82) is 0 Å². The molecule has 0 N–H and O–H groups in total. The first-order valence-corrected chi connectivity index (χ1v) is 8.15. The van der Waals surface area contributed by atoms with Crippen molar-refractivity contribution in [2.24, 2.45) is 5.92 Å². The molecule has 2 rings (SSSR count). The fourth-order valence-corrected chi connectivity index (χ4v) is 3.50. The maximum absolute atomic E-state index is 12.3. The lowest BCUT2D eigenvalue weighted by Crippen LogP contribution is -2.55. The molecule has 114 valence electrons. The molecule has 2 aliphatic heterocycles. The number of piperidine rings is 1. The molecule has 2 saturated heterocycles. The smallest absolute Gasteiger partial charge is 0.136 e. The van der Waals surface area contributed by atoms with Crippen molar-refractivity contribution in [3.63, 3.8) is 0 Å². The highest BCUT2D eigenvalue weighted by Gasteiger charge is 2.38. The van der Waals surface area contributed by atoms with Crippen LogP contribution in [0.15, 0.2) is 12.7 Å². The van der Waals surface area contributed by atoms with Gasteiger partial charge < -0.3 is 4.74 Å². The van der Waals surface area contributed by atoms with E-state index in [1.54, 1.807) is 0 Å². The molecule has 0 spiro atoms. The highest BCUT2D eigenvalue weighted by molar-refractivity contribution is 5.81. The number of fused-ring (bicyclic) bond motifs is 2. The molecule has 0 radical (unpaired) electrons. The Balaban J connectivity index is 1.67. The molecule has 20 heavy (non-hydrogen) atoms. The van der Waals surface area contributed by atoms with E-state index in [4.69, 9.17) is 4.74 Å². The van der Waals surface area contributed by atoms with E-state index < -0.39 is 0 Å². The minimum absolute atomic E-state index is 0.290. The predicted molar refractivity (Wildman–Crippen MR) is 81.8 cm³/mol. The van der Waals surface area contributed by atoms with Gasteiger partial charge in [0.1, 0.15) is 5.78 Å². The Morgan fingerprint density at radius 3 is 2.50 bits per heavy atom. The fourth-order valence-electron chi connectivity index (χ4n) is 3.50. The Hall–Kier alpha value is -0.670. The molecule has 3 heteroatoms. The summed E-state index contributed by atoms with van der Waals surface area (Å²) >= 11 is 0. The Labute approximate surface area is 123 Å². The topological polar surface area (TPSA) is 29.5 Å². The van der Waals surface area contributed by atoms with Crippen LogP contribution in [0, 0.1) is 5.92 Å². The number of hydrogen-bond acceptors (Lipinski definition) is 3. The summed E-state index contributed by atoms with van der Waals surface area (Å²) < 4.78 is 5.61. The minimum Gasteiger partial charge on any atom is -0.378 e. The van der Waals surface area contributed by atoms with Crippen LogP contribution in [0.2, 0.25) is 0 Å². The standard InChI is InChI=1S/C17H29NO2/c1-3-4-5-6-7-8-9-17(19)14-10-15-12-20-13-16(11-14)18(15)2/h3,14-16H,1,4-13H2,2H3. The van der Waals surface area contributed by atoms with E-state index in [1.165, 1.54) is 19.3 Å². The molecule has 2 fully saturated rings. The third-order valence-corrected chi connectivity index (χ3v) is 4.92. The van der Waals surface area contributed by atoms with E-state index in [1.807, 2.05) is 6.08 Å². The number of likely N-dealkylation sites (N-methyl/N-ethyl adjacent to an activating group) is 1. The van der Waals surface area contributed by atoms with E-state index in [0.717, 1.165) is 45.3 Å². The molecule has 0 aromatic rings. The SMILES string of the molecule is C=CCCCCCCC(=O)C1CC2COCC(C1)N2C. The number of carbonyl (C=O) groups excluding carboxylic acids is 1. The normalized spacial score (nSPS) is 30.1.